The van der Waals surface area contributed by atoms with Crippen molar-refractivity contribution in [3.63, 3.8) is 0 Å². The number of carbonyl (C=O) groups is 1. The van der Waals surface area contributed by atoms with Gasteiger partial charge in [0.15, 0.2) is 0 Å². The van der Waals surface area contributed by atoms with Gasteiger partial charge in [-0.15, -0.1) is 0 Å². The molecule has 9 heteroatoms. The van der Waals surface area contributed by atoms with Crippen molar-refractivity contribution in [1.82, 2.24) is 5.32 Å². The number of aliphatic imine (C=N–C) groups is 1. The normalized spacial score (nSPS) is 16.6. The minimum Gasteiger partial charge on any atom is -0.497 e. The first-order valence-electron chi connectivity index (χ1n) is 5.66. The van der Waals surface area contributed by atoms with E-state index in [4.69, 9.17) is 14.0 Å². The summed E-state index contributed by atoms with van der Waals surface area (Å²) in [5.41, 5.74) is 0.451. The zero-order chi connectivity index (χ0) is 15.6. The van der Waals surface area contributed by atoms with Crippen molar-refractivity contribution in [2.45, 2.75) is 0 Å². The van der Waals surface area contributed by atoms with Gasteiger partial charge in [0.25, 0.3) is 11.1 Å². The maximum absolute atomic E-state index is 11.6. The summed E-state index contributed by atoms with van der Waals surface area (Å²) in [5.74, 6) is 0.203. The fraction of sp³-hybridized carbons (Fsp3) is 0.167. The molecule has 1 heterocycles. The van der Waals surface area contributed by atoms with E-state index in [1.165, 1.54) is 20.3 Å². The van der Waals surface area contributed by atoms with Crippen LogP contribution in [0.1, 0.15) is 5.56 Å². The first-order chi connectivity index (χ1) is 9.83. The van der Waals surface area contributed by atoms with Crippen LogP contribution >= 0.6 is 0 Å². The van der Waals surface area contributed by atoms with Crippen molar-refractivity contribution < 1.29 is 27.2 Å². The zero-order valence-electron chi connectivity index (χ0n) is 11.2. The Balaban J connectivity index is 2.36. The third-order valence-electron chi connectivity index (χ3n) is 2.60. The highest BCUT2D eigenvalue weighted by Gasteiger charge is 2.28. The summed E-state index contributed by atoms with van der Waals surface area (Å²) >= 11 is 0. The Morgan fingerprint density at radius 3 is 2.19 bits per heavy atom. The van der Waals surface area contributed by atoms with Gasteiger partial charge < -0.3 is 14.8 Å². The summed E-state index contributed by atoms with van der Waals surface area (Å²) < 4.78 is 40.9. The van der Waals surface area contributed by atoms with Gasteiger partial charge in [0.05, 0.1) is 14.2 Å². The summed E-state index contributed by atoms with van der Waals surface area (Å²) in [7, 11) is -1.61. The summed E-state index contributed by atoms with van der Waals surface area (Å²) in [4.78, 5) is 14.8. The minimum atomic E-state index is -4.56. The van der Waals surface area contributed by atoms with Crippen LogP contribution in [0.3, 0.4) is 0 Å². The average Bonchev–Trinajstić information content (AvgIpc) is 2.79. The molecule has 8 nitrogen and oxygen atoms in total. The Hall–Kier alpha value is -2.39. The maximum Gasteiger partial charge on any atom is 0.328 e. The molecule has 0 fully saturated rings. The van der Waals surface area contributed by atoms with Gasteiger partial charge >= 0.3 is 10.1 Å². The number of carbonyl (C=O) groups excluding carboxylic acids is 1. The molecular weight excluding hydrogens is 300 g/mol. The van der Waals surface area contributed by atoms with Crippen LogP contribution in [0.4, 0.5) is 0 Å². The van der Waals surface area contributed by atoms with Crippen LogP contribution in [0.5, 0.6) is 11.5 Å². The Kier molecular flexibility index (Phi) is 3.96. The second-order valence-corrected chi connectivity index (χ2v) is 5.36. The maximum atomic E-state index is 11.6. The number of nitrogens with zero attached hydrogens (tertiary/aromatic N) is 1. The van der Waals surface area contributed by atoms with Crippen molar-refractivity contribution >= 4 is 27.3 Å². The molecule has 1 aromatic rings. The molecular formula is C12H12N2O6S. The second-order valence-electron chi connectivity index (χ2n) is 4.03. The third-order valence-corrected chi connectivity index (χ3v) is 3.29. The quantitative estimate of drug-likeness (QED) is 0.614. The molecule has 0 unspecified atom stereocenters. The third kappa shape index (κ3) is 3.38. The number of amides is 1. The molecule has 1 aromatic carbocycles. The smallest absolute Gasteiger partial charge is 0.328 e. The van der Waals surface area contributed by atoms with Gasteiger partial charge in [-0.05, 0) is 23.8 Å². The van der Waals surface area contributed by atoms with Gasteiger partial charge in [0.1, 0.15) is 17.2 Å². The Morgan fingerprint density at radius 2 is 1.76 bits per heavy atom. The minimum absolute atomic E-state index is 0.0852. The van der Waals surface area contributed by atoms with E-state index < -0.39 is 21.2 Å². The number of hydrogen-bond acceptors (Lipinski definition) is 6. The Morgan fingerprint density at radius 1 is 1.19 bits per heavy atom. The van der Waals surface area contributed by atoms with Crippen LogP contribution in [0, 0.1) is 0 Å². The fourth-order valence-electron chi connectivity index (χ4n) is 1.65. The van der Waals surface area contributed by atoms with Crippen LogP contribution in [0.25, 0.3) is 6.08 Å². The summed E-state index contributed by atoms with van der Waals surface area (Å²) in [6.07, 6.45) is 1.37. The first kappa shape index (κ1) is 15.0. The lowest BCUT2D eigenvalue weighted by Gasteiger charge is -2.06. The standard InChI is InChI=1S/C12H12N2O6S/c1-19-8-3-7(4-9(6-8)20-2)5-10-11(15)14-12(13-10)21(16,17)18/h3-6H,1-2H3,(H,13,14,15)(H,16,17,18). The molecule has 1 aliphatic heterocycles. The summed E-state index contributed by atoms with van der Waals surface area (Å²) in [6, 6.07) is 4.89. The number of ether oxygens (including phenoxy) is 2. The van der Waals surface area contributed by atoms with Gasteiger partial charge in [-0.25, -0.2) is 0 Å². The SMILES string of the molecule is COc1cc(C=C2NC(S(=O)(=O)O)=NC2=O)cc(OC)c1. The van der Waals surface area contributed by atoms with Crippen LogP contribution in [0.15, 0.2) is 28.9 Å². The highest BCUT2D eigenvalue weighted by molar-refractivity contribution is 8.01. The molecule has 112 valence electrons. The lowest BCUT2D eigenvalue weighted by Crippen LogP contribution is -2.25. The van der Waals surface area contributed by atoms with Crippen LogP contribution in [-0.4, -0.2) is 38.3 Å². The monoisotopic (exact) mass is 312 g/mol. The summed E-state index contributed by atoms with van der Waals surface area (Å²) in [6.45, 7) is 0. The molecule has 0 radical (unpaired) electrons. The van der Waals surface area contributed by atoms with Gasteiger partial charge in [-0.2, -0.15) is 13.4 Å². The molecule has 0 saturated heterocycles. The number of benzene rings is 1. The molecule has 21 heavy (non-hydrogen) atoms. The Labute approximate surface area is 120 Å². The molecule has 2 rings (SSSR count). The number of rotatable bonds is 3. The van der Waals surface area contributed by atoms with Gasteiger partial charge in [-0.1, -0.05) is 0 Å². The van der Waals surface area contributed by atoms with E-state index in [0.29, 0.717) is 17.1 Å². The predicted molar refractivity (Wildman–Crippen MR) is 74.6 cm³/mol. The molecule has 0 aromatic heterocycles. The lowest BCUT2D eigenvalue weighted by atomic mass is 10.1. The molecule has 0 aliphatic carbocycles. The highest BCUT2D eigenvalue weighted by Crippen LogP contribution is 2.24. The molecule has 0 saturated carbocycles. The molecule has 0 spiro atoms. The Bertz CT molecular complexity index is 729. The highest BCUT2D eigenvalue weighted by atomic mass is 32.2. The van der Waals surface area contributed by atoms with E-state index in [2.05, 4.69) is 10.3 Å². The van der Waals surface area contributed by atoms with Crippen molar-refractivity contribution in [2.24, 2.45) is 4.99 Å². The summed E-state index contributed by atoms with van der Waals surface area (Å²) in [5, 5.41) is 1.45. The molecule has 1 amide bonds. The number of methoxy groups -OCH3 is 2. The first-order valence-corrected chi connectivity index (χ1v) is 7.10. The van der Waals surface area contributed by atoms with E-state index in [-0.39, 0.29) is 5.70 Å². The van der Waals surface area contributed by atoms with E-state index in [1.54, 1.807) is 18.2 Å². The fourth-order valence-corrected chi connectivity index (χ4v) is 2.09. The molecule has 2 N–H and O–H groups in total. The number of nitrogens with one attached hydrogen (secondary N) is 1. The van der Waals surface area contributed by atoms with Crippen molar-refractivity contribution in [3.8, 4) is 11.5 Å². The van der Waals surface area contributed by atoms with Gasteiger partial charge in [0, 0.05) is 6.07 Å². The topological polar surface area (TPSA) is 114 Å². The van der Waals surface area contributed by atoms with Crippen LogP contribution in [-0.2, 0) is 14.9 Å². The van der Waals surface area contributed by atoms with E-state index in [0.717, 1.165) is 0 Å². The number of hydrogen-bond donors (Lipinski definition) is 2. The van der Waals surface area contributed by atoms with Crippen molar-refractivity contribution in [1.29, 1.82) is 0 Å². The lowest BCUT2D eigenvalue weighted by molar-refractivity contribution is -0.114. The van der Waals surface area contributed by atoms with E-state index >= 15 is 0 Å². The predicted octanol–water partition coefficient (Wildman–Crippen LogP) is 0.418. The van der Waals surface area contributed by atoms with Crippen molar-refractivity contribution in [2.75, 3.05) is 14.2 Å². The van der Waals surface area contributed by atoms with Gasteiger partial charge in [-0.3, -0.25) is 9.35 Å². The van der Waals surface area contributed by atoms with Crippen LogP contribution in [0.2, 0.25) is 0 Å². The molecule has 0 bridgehead atoms. The van der Waals surface area contributed by atoms with E-state index in [9.17, 15) is 13.2 Å². The van der Waals surface area contributed by atoms with Crippen LogP contribution < -0.4 is 14.8 Å². The van der Waals surface area contributed by atoms with E-state index in [1.807, 2.05) is 0 Å². The van der Waals surface area contributed by atoms with Crippen molar-refractivity contribution in [3.05, 3.63) is 29.5 Å². The largest absolute Gasteiger partial charge is 0.497 e. The second kappa shape index (κ2) is 5.54. The zero-order valence-corrected chi connectivity index (χ0v) is 12.0. The average molecular weight is 312 g/mol. The molecule has 0 atom stereocenters. The molecule has 1 aliphatic rings. The number of amidine groups is 1. The van der Waals surface area contributed by atoms with Gasteiger partial charge in [0.2, 0.25) is 0 Å².